The van der Waals surface area contributed by atoms with E-state index in [0.29, 0.717) is 12.2 Å². The molecule has 6 heteroatoms. The van der Waals surface area contributed by atoms with E-state index in [4.69, 9.17) is 4.74 Å². The number of hydrogen-bond acceptors (Lipinski definition) is 3. The number of amides is 2. The standard InChI is InChI=1S/C16H19BrN2O3/c1-11(22-14-8-4-7-13(17)10-14)16(21)19-18-15(20)9-12-5-2-3-6-12/h2,4-5,7-8,10-12H,3,6,9H2,1H3,(H,18,20)(H,19,21)/t11-,12+/m0/s1. The Labute approximate surface area is 138 Å². The van der Waals surface area contributed by atoms with Crippen LogP contribution >= 0.6 is 15.9 Å². The van der Waals surface area contributed by atoms with Crippen molar-refractivity contribution in [3.63, 3.8) is 0 Å². The molecule has 1 aliphatic rings. The average Bonchev–Trinajstić information content (AvgIpc) is 2.97. The quantitative estimate of drug-likeness (QED) is 0.621. The molecule has 0 saturated carbocycles. The summed E-state index contributed by atoms with van der Waals surface area (Å²) < 4.78 is 6.39. The Morgan fingerprint density at radius 3 is 2.91 bits per heavy atom. The Hall–Kier alpha value is -1.82. The van der Waals surface area contributed by atoms with Crippen LogP contribution in [0.2, 0.25) is 0 Å². The molecule has 0 bridgehead atoms. The summed E-state index contributed by atoms with van der Waals surface area (Å²) in [5, 5.41) is 0. The molecule has 22 heavy (non-hydrogen) atoms. The molecule has 2 rings (SSSR count). The SMILES string of the molecule is C[C@H](Oc1cccc(Br)c1)C(=O)NNC(=O)C[C@@H]1C=CCC1. The third-order valence-electron chi connectivity index (χ3n) is 3.36. The maximum atomic E-state index is 11.9. The second-order valence-electron chi connectivity index (χ2n) is 5.22. The van der Waals surface area contributed by atoms with Gasteiger partial charge in [0, 0.05) is 10.9 Å². The van der Waals surface area contributed by atoms with E-state index in [1.165, 1.54) is 0 Å². The fourth-order valence-corrected chi connectivity index (χ4v) is 2.56. The lowest BCUT2D eigenvalue weighted by Gasteiger charge is -2.16. The first-order valence-corrected chi connectivity index (χ1v) is 8.01. The van der Waals surface area contributed by atoms with Gasteiger partial charge >= 0.3 is 0 Å². The Morgan fingerprint density at radius 1 is 1.41 bits per heavy atom. The lowest BCUT2D eigenvalue weighted by Crippen LogP contribution is -2.47. The smallest absolute Gasteiger partial charge is 0.279 e. The fourth-order valence-electron chi connectivity index (χ4n) is 2.19. The molecule has 0 aromatic heterocycles. The number of hydrogen-bond donors (Lipinski definition) is 2. The molecule has 1 aromatic rings. The van der Waals surface area contributed by atoms with Crippen molar-refractivity contribution >= 4 is 27.7 Å². The molecule has 0 spiro atoms. The fraction of sp³-hybridized carbons (Fsp3) is 0.375. The molecule has 118 valence electrons. The number of carbonyl (C=O) groups excluding carboxylic acids is 2. The maximum Gasteiger partial charge on any atom is 0.279 e. The van der Waals surface area contributed by atoms with E-state index in [1.807, 2.05) is 18.2 Å². The zero-order valence-corrected chi connectivity index (χ0v) is 13.9. The Balaban J connectivity index is 1.74. The summed E-state index contributed by atoms with van der Waals surface area (Å²) >= 11 is 3.34. The molecule has 1 aromatic carbocycles. The number of halogens is 1. The lowest BCUT2D eigenvalue weighted by atomic mass is 10.1. The maximum absolute atomic E-state index is 11.9. The predicted octanol–water partition coefficient (Wildman–Crippen LogP) is 2.72. The Kier molecular flexibility index (Phi) is 6.00. The molecular formula is C16H19BrN2O3. The van der Waals surface area contributed by atoms with Crippen molar-refractivity contribution in [1.82, 2.24) is 10.9 Å². The molecule has 0 aliphatic heterocycles. The van der Waals surface area contributed by atoms with Crippen LogP contribution in [0.4, 0.5) is 0 Å². The second kappa shape index (κ2) is 7.98. The van der Waals surface area contributed by atoms with Crippen molar-refractivity contribution in [3.8, 4) is 5.75 Å². The van der Waals surface area contributed by atoms with Gasteiger partial charge in [0.2, 0.25) is 5.91 Å². The first kappa shape index (κ1) is 16.5. The van der Waals surface area contributed by atoms with E-state index in [1.54, 1.807) is 19.1 Å². The first-order chi connectivity index (χ1) is 10.5. The van der Waals surface area contributed by atoms with Crippen molar-refractivity contribution in [2.75, 3.05) is 0 Å². The van der Waals surface area contributed by atoms with Crippen LogP contribution in [0.5, 0.6) is 5.75 Å². The van der Waals surface area contributed by atoms with Crippen LogP contribution in [-0.4, -0.2) is 17.9 Å². The molecule has 0 heterocycles. The van der Waals surface area contributed by atoms with Crippen molar-refractivity contribution in [1.29, 1.82) is 0 Å². The highest BCUT2D eigenvalue weighted by Gasteiger charge is 2.17. The number of benzene rings is 1. The molecule has 0 radical (unpaired) electrons. The van der Waals surface area contributed by atoms with Gasteiger partial charge in [0.1, 0.15) is 5.75 Å². The van der Waals surface area contributed by atoms with Crippen LogP contribution < -0.4 is 15.6 Å². The molecule has 0 saturated heterocycles. The van der Waals surface area contributed by atoms with Crippen LogP contribution in [0.25, 0.3) is 0 Å². The Bertz CT molecular complexity index is 574. The van der Waals surface area contributed by atoms with Crippen molar-refractivity contribution < 1.29 is 14.3 Å². The number of nitrogens with one attached hydrogen (secondary N) is 2. The zero-order valence-electron chi connectivity index (χ0n) is 12.3. The van der Waals surface area contributed by atoms with Crippen molar-refractivity contribution in [3.05, 3.63) is 40.9 Å². The van der Waals surface area contributed by atoms with Crippen molar-refractivity contribution in [2.45, 2.75) is 32.3 Å². The highest BCUT2D eigenvalue weighted by Crippen LogP contribution is 2.20. The van der Waals surface area contributed by atoms with Gasteiger partial charge in [-0.15, -0.1) is 0 Å². The summed E-state index contributed by atoms with van der Waals surface area (Å²) in [7, 11) is 0. The van der Waals surface area contributed by atoms with Gasteiger partial charge in [-0.25, -0.2) is 0 Å². The van der Waals surface area contributed by atoms with Gasteiger partial charge in [0.05, 0.1) is 0 Å². The Morgan fingerprint density at radius 2 is 2.23 bits per heavy atom. The normalized spacial score (nSPS) is 17.8. The summed E-state index contributed by atoms with van der Waals surface area (Å²) in [4.78, 5) is 23.6. The summed E-state index contributed by atoms with van der Waals surface area (Å²) in [6.45, 7) is 1.63. The van der Waals surface area contributed by atoms with E-state index in [0.717, 1.165) is 17.3 Å². The summed E-state index contributed by atoms with van der Waals surface area (Å²) in [5.41, 5.74) is 4.82. The number of rotatable bonds is 5. The van der Waals surface area contributed by atoms with E-state index < -0.39 is 12.0 Å². The first-order valence-electron chi connectivity index (χ1n) is 7.22. The van der Waals surface area contributed by atoms with E-state index >= 15 is 0 Å². The monoisotopic (exact) mass is 366 g/mol. The van der Waals surface area contributed by atoms with Gasteiger partial charge in [0.15, 0.2) is 6.10 Å². The molecule has 0 fully saturated rings. The second-order valence-corrected chi connectivity index (χ2v) is 6.14. The van der Waals surface area contributed by atoms with Crippen LogP contribution in [-0.2, 0) is 9.59 Å². The molecule has 2 atom stereocenters. The number of carbonyl (C=O) groups is 2. The number of ether oxygens (including phenoxy) is 1. The minimum Gasteiger partial charge on any atom is -0.481 e. The van der Waals surface area contributed by atoms with E-state index in [2.05, 4.69) is 32.9 Å². The highest BCUT2D eigenvalue weighted by atomic mass is 79.9. The van der Waals surface area contributed by atoms with Crippen LogP contribution in [0, 0.1) is 5.92 Å². The minimum absolute atomic E-state index is 0.195. The van der Waals surface area contributed by atoms with E-state index in [9.17, 15) is 9.59 Å². The van der Waals surface area contributed by atoms with Gasteiger partial charge in [-0.3, -0.25) is 20.4 Å². The van der Waals surface area contributed by atoms with Gasteiger partial charge in [-0.1, -0.05) is 34.1 Å². The summed E-state index contributed by atoms with van der Waals surface area (Å²) in [6.07, 6.45) is 5.80. The summed E-state index contributed by atoms with van der Waals surface area (Å²) in [6, 6.07) is 7.23. The molecule has 2 N–H and O–H groups in total. The van der Waals surface area contributed by atoms with Gasteiger partial charge in [-0.05, 0) is 43.9 Å². The lowest BCUT2D eigenvalue weighted by molar-refractivity contribution is -0.133. The molecule has 1 aliphatic carbocycles. The number of allylic oxidation sites excluding steroid dienone is 2. The highest BCUT2D eigenvalue weighted by molar-refractivity contribution is 9.10. The zero-order chi connectivity index (χ0) is 15.9. The third kappa shape index (κ3) is 5.18. The van der Waals surface area contributed by atoms with Crippen LogP contribution in [0.3, 0.4) is 0 Å². The van der Waals surface area contributed by atoms with Crippen LogP contribution in [0.15, 0.2) is 40.9 Å². The molecule has 5 nitrogen and oxygen atoms in total. The molecule has 0 unspecified atom stereocenters. The largest absolute Gasteiger partial charge is 0.481 e. The van der Waals surface area contributed by atoms with Crippen molar-refractivity contribution in [2.24, 2.45) is 5.92 Å². The predicted molar refractivity (Wildman–Crippen MR) is 87.0 cm³/mol. The topological polar surface area (TPSA) is 67.4 Å². The molecule has 2 amide bonds. The van der Waals surface area contributed by atoms with Gasteiger partial charge in [-0.2, -0.15) is 0 Å². The number of hydrazine groups is 1. The third-order valence-corrected chi connectivity index (χ3v) is 3.86. The van der Waals surface area contributed by atoms with Crippen LogP contribution in [0.1, 0.15) is 26.2 Å². The van der Waals surface area contributed by atoms with Gasteiger partial charge in [0.25, 0.3) is 5.91 Å². The molecular weight excluding hydrogens is 348 g/mol. The average molecular weight is 367 g/mol. The van der Waals surface area contributed by atoms with Gasteiger partial charge < -0.3 is 4.74 Å². The minimum atomic E-state index is -0.707. The summed E-state index contributed by atoms with van der Waals surface area (Å²) in [5.74, 6) is 0.265. The van der Waals surface area contributed by atoms with E-state index in [-0.39, 0.29) is 11.8 Å².